The Balaban J connectivity index is 1.68. The Bertz CT molecular complexity index is 1010. The number of phenols is 1. The van der Waals surface area contributed by atoms with Gasteiger partial charge >= 0.3 is 0 Å². The quantitative estimate of drug-likeness (QED) is 0.535. The summed E-state index contributed by atoms with van der Waals surface area (Å²) in [6.45, 7) is 0.161. The molecule has 0 bridgehead atoms. The monoisotopic (exact) mass is 465 g/mol. The van der Waals surface area contributed by atoms with Crippen molar-refractivity contribution in [3.63, 3.8) is 0 Å². The second-order valence-corrected chi connectivity index (χ2v) is 8.13. The number of methoxy groups -OCH3 is 1. The first-order valence-corrected chi connectivity index (χ1v) is 9.74. The van der Waals surface area contributed by atoms with E-state index in [2.05, 4.69) is 15.9 Å². The number of fused-ring (bicyclic) bond motifs is 1. The number of hydrogen-bond donors (Lipinski definition) is 1. The first-order valence-electron chi connectivity index (χ1n) is 7.72. The molecule has 2 aliphatic heterocycles. The summed E-state index contributed by atoms with van der Waals surface area (Å²) in [6, 6.07) is 8.41. The fraction of sp³-hybridized carbons (Fsp3) is 0.111. The van der Waals surface area contributed by atoms with Gasteiger partial charge in [0.05, 0.1) is 17.7 Å². The summed E-state index contributed by atoms with van der Waals surface area (Å²) in [6.07, 6.45) is 1.71. The lowest BCUT2D eigenvalue weighted by Crippen LogP contribution is -2.27. The topological polar surface area (TPSA) is 68.2 Å². The summed E-state index contributed by atoms with van der Waals surface area (Å²) in [5, 5.41) is 9.84. The fourth-order valence-corrected chi connectivity index (χ4v) is 4.42. The second kappa shape index (κ2) is 7.06. The standard InChI is InChI=1S/C18H12BrNO5S2/c1-23-14-4-9(11(19)7-12(14)21)5-16-17(22)20(18(26)27-16)10-2-3-13-15(6-10)25-8-24-13/h2-7,21H,8H2,1H3/b16-5-. The number of carbonyl (C=O) groups is 1. The molecule has 4 rings (SSSR count). The Morgan fingerprint density at radius 1 is 1.30 bits per heavy atom. The lowest BCUT2D eigenvalue weighted by Gasteiger charge is -2.14. The summed E-state index contributed by atoms with van der Waals surface area (Å²) < 4.78 is 16.9. The highest BCUT2D eigenvalue weighted by molar-refractivity contribution is 9.10. The zero-order valence-corrected chi connectivity index (χ0v) is 17.1. The number of thioether (sulfide) groups is 1. The van der Waals surface area contributed by atoms with Crippen LogP contribution in [-0.2, 0) is 4.79 Å². The van der Waals surface area contributed by atoms with Gasteiger partial charge in [0, 0.05) is 10.5 Å². The molecule has 0 aliphatic carbocycles. The lowest BCUT2D eigenvalue weighted by atomic mass is 10.2. The van der Waals surface area contributed by atoms with Gasteiger partial charge in [-0.15, -0.1) is 0 Å². The van der Waals surface area contributed by atoms with E-state index in [0.29, 0.717) is 42.2 Å². The van der Waals surface area contributed by atoms with E-state index >= 15 is 0 Å². The van der Waals surface area contributed by atoms with Gasteiger partial charge in [-0.05, 0) is 35.9 Å². The number of hydrogen-bond acceptors (Lipinski definition) is 7. The molecule has 1 N–H and O–H groups in total. The minimum absolute atomic E-state index is 0.00873. The van der Waals surface area contributed by atoms with Gasteiger partial charge < -0.3 is 19.3 Å². The summed E-state index contributed by atoms with van der Waals surface area (Å²) in [5.41, 5.74) is 1.31. The van der Waals surface area contributed by atoms with Crippen molar-refractivity contribution < 1.29 is 24.1 Å². The predicted octanol–water partition coefficient (Wildman–Crippen LogP) is 4.30. The average Bonchev–Trinajstić information content (AvgIpc) is 3.21. The molecule has 2 aromatic carbocycles. The van der Waals surface area contributed by atoms with Crippen molar-refractivity contribution in [3.05, 3.63) is 45.3 Å². The number of ether oxygens (including phenoxy) is 3. The van der Waals surface area contributed by atoms with E-state index in [-0.39, 0.29) is 18.4 Å². The number of halogens is 1. The molecule has 27 heavy (non-hydrogen) atoms. The van der Waals surface area contributed by atoms with Crippen molar-refractivity contribution >= 4 is 61.9 Å². The van der Waals surface area contributed by atoms with Gasteiger partial charge in [0.2, 0.25) is 6.79 Å². The van der Waals surface area contributed by atoms with E-state index in [1.54, 1.807) is 30.3 Å². The van der Waals surface area contributed by atoms with E-state index in [4.69, 9.17) is 26.4 Å². The van der Waals surface area contributed by atoms with Crippen molar-refractivity contribution in [2.24, 2.45) is 0 Å². The van der Waals surface area contributed by atoms with E-state index in [0.717, 1.165) is 0 Å². The smallest absolute Gasteiger partial charge is 0.270 e. The van der Waals surface area contributed by atoms with Crippen LogP contribution < -0.4 is 19.1 Å². The van der Waals surface area contributed by atoms with Gasteiger partial charge in [-0.2, -0.15) is 0 Å². The number of benzene rings is 2. The Morgan fingerprint density at radius 3 is 2.85 bits per heavy atom. The lowest BCUT2D eigenvalue weighted by molar-refractivity contribution is -0.113. The molecule has 2 heterocycles. The first kappa shape index (κ1) is 18.1. The van der Waals surface area contributed by atoms with Crippen LogP contribution >= 0.6 is 39.9 Å². The molecule has 1 fully saturated rings. The van der Waals surface area contributed by atoms with E-state index < -0.39 is 0 Å². The van der Waals surface area contributed by atoms with Crippen LogP contribution in [0.1, 0.15) is 5.56 Å². The number of carbonyl (C=O) groups excluding carboxylic acids is 1. The van der Waals surface area contributed by atoms with Crippen molar-refractivity contribution in [2.75, 3.05) is 18.8 Å². The van der Waals surface area contributed by atoms with Gasteiger partial charge in [-0.3, -0.25) is 9.69 Å². The largest absolute Gasteiger partial charge is 0.504 e. The second-order valence-electron chi connectivity index (χ2n) is 5.60. The van der Waals surface area contributed by atoms with Crippen molar-refractivity contribution in [1.82, 2.24) is 0 Å². The third-order valence-electron chi connectivity index (χ3n) is 3.99. The molecule has 0 radical (unpaired) electrons. The normalized spacial score (nSPS) is 17.1. The minimum atomic E-state index is -0.234. The molecule has 0 aromatic heterocycles. The number of thiocarbonyl (C=S) groups is 1. The highest BCUT2D eigenvalue weighted by Crippen LogP contribution is 2.42. The van der Waals surface area contributed by atoms with Crippen molar-refractivity contribution in [1.29, 1.82) is 0 Å². The molecule has 2 aliphatic rings. The third-order valence-corrected chi connectivity index (χ3v) is 5.98. The van der Waals surface area contributed by atoms with Crippen LogP contribution in [0.15, 0.2) is 39.7 Å². The van der Waals surface area contributed by atoms with Crippen molar-refractivity contribution in [3.8, 4) is 23.0 Å². The molecule has 1 amide bonds. The molecular weight excluding hydrogens is 454 g/mol. The van der Waals surface area contributed by atoms with Crippen LogP contribution in [0.4, 0.5) is 5.69 Å². The van der Waals surface area contributed by atoms with E-state index in [1.165, 1.54) is 29.8 Å². The number of rotatable bonds is 3. The molecule has 0 unspecified atom stereocenters. The summed E-state index contributed by atoms with van der Waals surface area (Å²) in [4.78, 5) is 14.9. The number of aromatic hydroxyl groups is 1. The first-order chi connectivity index (χ1) is 13.0. The average molecular weight is 466 g/mol. The van der Waals surface area contributed by atoms with Gasteiger partial charge in [0.15, 0.2) is 27.3 Å². The number of anilines is 1. The number of phenolic OH excluding ortho intramolecular Hbond substituents is 1. The van der Waals surface area contributed by atoms with Crippen LogP contribution in [0.2, 0.25) is 0 Å². The summed E-state index contributed by atoms with van der Waals surface area (Å²) in [7, 11) is 1.46. The molecule has 0 saturated carbocycles. The Labute approximate surface area is 172 Å². The molecule has 138 valence electrons. The Hall–Kier alpha value is -2.23. The van der Waals surface area contributed by atoms with E-state index in [9.17, 15) is 9.90 Å². The van der Waals surface area contributed by atoms with Gasteiger partial charge in [-0.1, -0.05) is 39.9 Å². The van der Waals surface area contributed by atoms with Crippen molar-refractivity contribution in [2.45, 2.75) is 0 Å². The Kier molecular flexibility index (Phi) is 4.75. The molecule has 0 atom stereocenters. The van der Waals surface area contributed by atoms with Crippen LogP contribution in [0, 0.1) is 0 Å². The fourth-order valence-electron chi connectivity index (χ4n) is 2.69. The zero-order valence-electron chi connectivity index (χ0n) is 13.9. The molecule has 0 spiro atoms. The molecule has 1 saturated heterocycles. The van der Waals surface area contributed by atoms with Gasteiger partial charge in [-0.25, -0.2) is 0 Å². The highest BCUT2D eigenvalue weighted by Gasteiger charge is 2.34. The van der Waals surface area contributed by atoms with E-state index in [1.807, 2.05) is 0 Å². The molecule has 2 aromatic rings. The van der Waals surface area contributed by atoms with Gasteiger partial charge in [0.25, 0.3) is 5.91 Å². The summed E-state index contributed by atoms with van der Waals surface area (Å²) >= 11 is 9.99. The number of nitrogens with zero attached hydrogens (tertiary/aromatic N) is 1. The summed E-state index contributed by atoms with van der Waals surface area (Å²) in [5.74, 6) is 1.31. The molecule has 6 nitrogen and oxygen atoms in total. The minimum Gasteiger partial charge on any atom is -0.504 e. The van der Waals surface area contributed by atoms with Crippen LogP contribution in [-0.4, -0.2) is 29.2 Å². The molecule has 9 heteroatoms. The maximum Gasteiger partial charge on any atom is 0.270 e. The third kappa shape index (κ3) is 3.26. The highest BCUT2D eigenvalue weighted by atomic mass is 79.9. The zero-order chi connectivity index (χ0) is 19.1. The maximum absolute atomic E-state index is 12.9. The SMILES string of the molecule is COc1cc(/C=C2\SC(=S)N(c3ccc4c(c3)OCO4)C2=O)c(Br)cc1O. The van der Waals surface area contributed by atoms with Crippen LogP contribution in [0.25, 0.3) is 6.08 Å². The van der Waals surface area contributed by atoms with Crippen LogP contribution in [0.3, 0.4) is 0 Å². The van der Waals surface area contributed by atoms with Gasteiger partial charge in [0.1, 0.15) is 0 Å². The number of amides is 1. The van der Waals surface area contributed by atoms with Crippen LogP contribution in [0.5, 0.6) is 23.0 Å². The maximum atomic E-state index is 12.9. The predicted molar refractivity (Wildman–Crippen MR) is 111 cm³/mol. The Morgan fingerprint density at radius 2 is 2.07 bits per heavy atom. The molecular formula is C18H12BrNO5S2.